The third-order valence-corrected chi connectivity index (χ3v) is 3.48. The predicted octanol–water partition coefficient (Wildman–Crippen LogP) is 4.81. The highest BCUT2D eigenvalue weighted by Gasteiger charge is 2.09. The van der Waals surface area contributed by atoms with E-state index < -0.39 is 0 Å². The van der Waals surface area contributed by atoms with Crippen LogP contribution in [0.4, 0.5) is 10.1 Å². The first kappa shape index (κ1) is 13.3. The molecule has 2 nitrogen and oxygen atoms in total. The molecule has 0 aliphatic rings. The van der Waals surface area contributed by atoms with E-state index in [-0.39, 0.29) is 11.9 Å². The molecule has 0 saturated carbocycles. The van der Waals surface area contributed by atoms with Crippen LogP contribution >= 0.6 is 27.5 Å². The normalized spacial score (nSPS) is 12.2. The minimum Gasteiger partial charge on any atom is -0.376 e. The third kappa shape index (κ3) is 3.00. The van der Waals surface area contributed by atoms with Crippen molar-refractivity contribution in [1.29, 1.82) is 0 Å². The summed E-state index contributed by atoms with van der Waals surface area (Å²) in [4.78, 5) is 3.99. The maximum atomic E-state index is 13.2. The molecule has 1 heterocycles. The smallest absolute Gasteiger partial charge is 0.152 e. The van der Waals surface area contributed by atoms with Gasteiger partial charge in [-0.25, -0.2) is 9.37 Å². The maximum Gasteiger partial charge on any atom is 0.152 e. The number of anilines is 1. The van der Waals surface area contributed by atoms with Gasteiger partial charge >= 0.3 is 0 Å². The lowest BCUT2D eigenvalue weighted by atomic mass is 10.1. The summed E-state index contributed by atoms with van der Waals surface area (Å²) in [6.45, 7) is 1.98. The second-order valence-electron chi connectivity index (χ2n) is 3.88. The fourth-order valence-electron chi connectivity index (χ4n) is 1.59. The zero-order chi connectivity index (χ0) is 13.1. The maximum absolute atomic E-state index is 13.2. The predicted molar refractivity (Wildman–Crippen MR) is 75.4 cm³/mol. The molecular formula is C13H11BrClFN2. The molecule has 1 aromatic heterocycles. The van der Waals surface area contributed by atoms with Crippen molar-refractivity contribution >= 4 is 33.2 Å². The van der Waals surface area contributed by atoms with E-state index in [0.717, 1.165) is 11.3 Å². The minimum atomic E-state index is -0.273. The number of hydrogen-bond acceptors (Lipinski definition) is 2. The standard InChI is InChI=1S/C13H11BrClFN2/c1-8(9-4-5-11(16)10(14)7-9)18-12-3-2-6-17-13(12)15/h2-8,18H,1H3. The Morgan fingerprint density at radius 2 is 2.17 bits per heavy atom. The Bertz CT molecular complexity index is 562. The zero-order valence-electron chi connectivity index (χ0n) is 9.62. The average Bonchev–Trinajstić information content (AvgIpc) is 2.35. The van der Waals surface area contributed by atoms with Crippen molar-refractivity contribution in [3.05, 3.63) is 57.5 Å². The van der Waals surface area contributed by atoms with Gasteiger partial charge in [-0.2, -0.15) is 0 Å². The number of halogens is 3. The molecule has 0 spiro atoms. The van der Waals surface area contributed by atoms with Gasteiger partial charge in [-0.3, -0.25) is 0 Å². The Morgan fingerprint density at radius 1 is 1.39 bits per heavy atom. The van der Waals surface area contributed by atoms with Crippen LogP contribution in [0.5, 0.6) is 0 Å². The van der Waals surface area contributed by atoms with Crippen molar-refractivity contribution in [2.24, 2.45) is 0 Å². The summed E-state index contributed by atoms with van der Waals surface area (Å²) in [6.07, 6.45) is 1.63. The van der Waals surface area contributed by atoms with Crippen molar-refractivity contribution < 1.29 is 4.39 Å². The van der Waals surface area contributed by atoms with E-state index in [2.05, 4.69) is 26.2 Å². The van der Waals surface area contributed by atoms with E-state index in [4.69, 9.17) is 11.6 Å². The summed E-state index contributed by atoms with van der Waals surface area (Å²) < 4.78 is 13.6. The Labute approximate surface area is 118 Å². The van der Waals surface area contributed by atoms with Crippen LogP contribution in [0.25, 0.3) is 0 Å². The molecule has 18 heavy (non-hydrogen) atoms. The first-order valence-corrected chi connectivity index (χ1v) is 6.57. The Kier molecular flexibility index (Phi) is 4.19. The lowest BCUT2D eigenvalue weighted by Gasteiger charge is -2.16. The number of nitrogens with zero attached hydrogens (tertiary/aromatic N) is 1. The molecule has 1 aromatic carbocycles. The van der Waals surface area contributed by atoms with Crippen LogP contribution in [0.1, 0.15) is 18.5 Å². The van der Waals surface area contributed by atoms with Gasteiger partial charge in [0.1, 0.15) is 5.82 Å². The van der Waals surface area contributed by atoms with Gasteiger partial charge in [-0.05, 0) is 52.7 Å². The topological polar surface area (TPSA) is 24.9 Å². The van der Waals surface area contributed by atoms with Gasteiger partial charge < -0.3 is 5.32 Å². The number of aromatic nitrogens is 1. The Balaban J connectivity index is 2.19. The molecule has 1 atom stereocenters. The van der Waals surface area contributed by atoms with Crippen molar-refractivity contribution in [2.45, 2.75) is 13.0 Å². The molecule has 0 amide bonds. The van der Waals surface area contributed by atoms with Crippen LogP contribution < -0.4 is 5.32 Å². The van der Waals surface area contributed by atoms with E-state index >= 15 is 0 Å². The monoisotopic (exact) mass is 328 g/mol. The number of rotatable bonds is 3. The van der Waals surface area contributed by atoms with Gasteiger partial charge in [-0.15, -0.1) is 0 Å². The van der Waals surface area contributed by atoms with E-state index in [0.29, 0.717) is 9.63 Å². The molecule has 5 heteroatoms. The molecule has 2 rings (SSSR count). The van der Waals surface area contributed by atoms with Gasteiger partial charge in [0.05, 0.1) is 10.2 Å². The highest BCUT2D eigenvalue weighted by Crippen LogP contribution is 2.26. The SMILES string of the molecule is CC(Nc1cccnc1Cl)c1ccc(F)c(Br)c1. The molecule has 1 unspecified atom stereocenters. The Morgan fingerprint density at radius 3 is 2.83 bits per heavy atom. The van der Waals surface area contributed by atoms with Crippen molar-refractivity contribution in [3.8, 4) is 0 Å². The number of nitrogens with one attached hydrogen (secondary N) is 1. The number of hydrogen-bond donors (Lipinski definition) is 1. The van der Waals surface area contributed by atoms with Crippen molar-refractivity contribution in [1.82, 2.24) is 4.98 Å². The molecule has 0 aliphatic carbocycles. The average molecular weight is 330 g/mol. The molecule has 0 aliphatic heterocycles. The van der Waals surface area contributed by atoms with Gasteiger partial charge in [0.2, 0.25) is 0 Å². The van der Waals surface area contributed by atoms with Crippen LogP contribution in [0.15, 0.2) is 41.0 Å². The highest BCUT2D eigenvalue weighted by molar-refractivity contribution is 9.10. The summed E-state index contributed by atoms with van der Waals surface area (Å²) in [7, 11) is 0. The van der Waals surface area contributed by atoms with E-state index in [1.807, 2.05) is 19.1 Å². The molecule has 2 aromatic rings. The highest BCUT2D eigenvalue weighted by atomic mass is 79.9. The van der Waals surface area contributed by atoms with Crippen molar-refractivity contribution in [3.63, 3.8) is 0 Å². The summed E-state index contributed by atoms with van der Waals surface area (Å²) in [6, 6.07) is 8.58. The quantitative estimate of drug-likeness (QED) is 0.817. The summed E-state index contributed by atoms with van der Waals surface area (Å²) in [5, 5.41) is 3.66. The van der Waals surface area contributed by atoms with E-state index in [1.54, 1.807) is 18.3 Å². The summed E-state index contributed by atoms with van der Waals surface area (Å²) in [5.41, 5.74) is 1.72. The van der Waals surface area contributed by atoms with E-state index in [1.165, 1.54) is 6.07 Å². The van der Waals surface area contributed by atoms with Crippen LogP contribution in [0.3, 0.4) is 0 Å². The van der Waals surface area contributed by atoms with Gasteiger partial charge in [0, 0.05) is 12.2 Å². The van der Waals surface area contributed by atoms with Crippen LogP contribution in [0, 0.1) is 5.82 Å². The minimum absolute atomic E-state index is 0.00333. The fraction of sp³-hybridized carbons (Fsp3) is 0.154. The zero-order valence-corrected chi connectivity index (χ0v) is 12.0. The molecule has 0 fully saturated rings. The van der Waals surface area contributed by atoms with E-state index in [9.17, 15) is 4.39 Å². The molecule has 94 valence electrons. The molecule has 0 saturated heterocycles. The van der Waals surface area contributed by atoms with Crippen LogP contribution in [-0.4, -0.2) is 4.98 Å². The second-order valence-corrected chi connectivity index (χ2v) is 5.09. The van der Waals surface area contributed by atoms with Crippen LogP contribution in [-0.2, 0) is 0 Å². The second kappa shape index (κ2) is 5.67. The summed E-state index contributed by atoms with van der Waals surface area (Å²) >= 11 is 9.14. The first-order chi connectivity index (χ1) is 8.58. The molecular weight excluding hydrogens is 319 g/mol. The third-order valence-electron chi connectivity index (χ3n) is 2.57. The van der Waals surface area contributed by atoms with Crippen LogP contribution in [0.2, 0.25) is 5.15 Å². The van der Waals surface area contributed by atoms with Gasteiger partial charge in [-0.1, -0.05) is 17.7 Å². The Hall–Kier alpha value is -1.13. The summed E-state index contributed by atoms with van der Waals surface area (Å²) in [5.74, 6) is -0.273. The molecule has 0 bridgehead atoms. The number of pyridine rings is 1. The van der Waals surface area contributed by atoms with Crippen molar-refractivity contribution in [2.75, 3.05) is 5.32 Å². The fourth-order valence-corrected chi connectivity index (χ4v) is 2.16. The molecule has 1 N–H and O–H groups in total. The van der Waals surface area contributed by atoms with Gasteiger partial charge in [0.25, 0.3) is 0 Å². The lowest BCUT2D eigenvalue weighted by Crippen LogP contribution is -2.07. The largest absolute Gasteiger partial charge is 0.376 e. The first-order valence-electron chi connectivity index (χ1n) is 5.40. The van der Waals surface area contributed by atoms with Gasteiger partial charge in [0.15, 0.2) is 5.15 Å². The lowest BCUT2D eigenvalue weighted by molar-refractivity contribution is 0.619. The number of benzene rings is 1. The molecule has 0 radical (unpaired) electrons.